The van der Waals surface area contributed by atoms with Gasteiger partial charge in [-0.15, -0.1) is 0 Å². The van der Waals surface area contributed by atoms with Crippen LogP contribution < -0.4 is 5.32 Å². The van der Waals surface area contributed by atoms with Gasteiger partial charge in [0.1, 0.15) is 11.5 Å². The zero-order valence-corrected chi connectivity index (χ0v) is 15.3. The lowest BCUT2D eigenvalue weighted by molar-refractivity contribution is -0.138. The van der Waals surface area contributed by atoms with Crippen LogP contribution in [0.2, 0.25) is 0 Å². The van der Waals surface area contributed by atoms with Crippen molar-refractivity contribution < 1.29 is 14.0 Å². The molecular formula is C18H23N3O3S. The van der Waals surface area contributed by atoms with Gasteiger partial charge in [0, 0.05) is 26.7 Å². The number of hydrogen-bond donors (Lipinski definition) is 1. The van der Waals surface area contributed by atoms with Crippen molar-refractivity contribution in [3.05, 3.63) is 46.0 Å². The number of amides is 2. The molecule has 0 aromatic carbocycles. The molecule has 2 amide bonds. The van der Waals surface area contributed by atoms with E-state index in [9.17, 15) is 9.59 Å². The molecule has 25 heavy (non-hydrogen) atoms. The van der Waals surface area contributed by atoms with E-state index in [1.54, 1.807) is 23.3 Å². The van der Waals surface area contributed by atoms with Gasteiger partial charge in [0.2, 0.25) is 11.8 Å². The molecular weight excluding hydrogens is 338 g/mol. The average Bonchev–Trinajstić information content (AvgIpc) is 3.22. The van der Waals surface area contributed by atoms with E-state index in [4.69, 9.17) is 4.42 Å². The van der Waals surface area contributed by atoms with Crippen LogP contribution in [0.4, 0.5) is 0 Å². The molecule has 1 aliphatic rings. The predicted octanol–water partition coefficient (Wildman–Crippen LogP) is 2.00. The van der Waals surface area contributed by atoms with E-state index in [-0.39, 0.29) is 18.2 Å². The van der Waals surface area contributed by atoms with Crippen LogP contribution in [0.5, 0.6) is 0 Å². The summed E-state index contributed by atoms with van der Waals surface area (Å²) in [6.45, 7) is 4.29. The number of rotatable bonds is 6. The maximum absolute atomic E-state index is 12.6. The fourth-order valence-electron chi connectivity index (χ4n) is 3.01. The van der Waals surface area contributed by atoms with Crippen LogP contribution in [0.15, 0.2) is 33.4 Å². The Bertz CT molecular complexity index is 726. The standard InChI is InChI=1S/C18H23N3O3S/c1-13-3-4-15(24-13)11-21-7-6-19-18(23)16(21)9-17(22)20(2)10-14-5-8-25-12-14/h3-5,8,12,16H,6-7,9-11H2,1-2H3,(H,19,23). The second-order valence-electron chi connectivity index (χ2n) is 6.38. The Morgan fingerprint density at radius 3 is 2.96 bits per heavy atom. The Morgan fingerprint density at radius 1 is 1.44 bits per heavy atom. The topological polar surface area (TPSA) is 65.8 Å². The molecule has 134 valence electrons. The number of thiophene rings is 1. The highest BCUT2D eigenvalue weighted by Crippen LogP contribution is 2.17. The van der Waals surface area contributed by atoms with E-state index in [2.05, 4.69) is 5.32 Å². The summed E-state index contributed by atoms with van der Waals surface area (Å²) in [6, 6.07) is 5.38. The van der Waals surface area contributed by atoms with Crippen LogP contribution in [0, 0.1) is 6.92 Å². The largest absolute Gasteiger partial charge is 0.465 e. The molecule has 1 saturated heterocycles. The van der Waals surface area contributed by atoms with Crippen LogP contribution in [0.25, 0.3) is 0 Å². The molecule has 7 heteroatoms. The summed E-state index contributed by atoms with van der Waals surface area (Å²) in [4.78, 5) is 28.6. The van der Waals surface area contributed by atoms with Gasteiger partial charge in [0.15, 0.2) is 0 Å². The third kappa shape index (κ3) is 4.49. The highest BCUT2D eigenvalue weighted by atomic mass is 32.1. The number of aryl methyl sites for hydroxylation is 1. The first-order chi connectivity index (χ1) is 12.0. The Kier molecular flexibility index (Phi) is 5.55. The van der Waals surface area contributed by atoms with Gasteiger partial charge in [0.25, 0.3) is 0 Å². The summed E-state index contributed by atoms with van der Waals surface area (Å²) in [5.74, 6) is 1.54. The average molecular weight is 361 g/mol. The van der Waals surface area contributed by atoms with E-state index in [0.717, 1.165) is 17.1 Å². The number of piperazine rings is 1. The van der Waals surface area contributed by atoms with Gasteiger partial charge in [-0.2, -0.15) is 11.3 Å². The van der Waals surface area contributed by atoms with Gasteiger partial charge < -0.3 is 14.6 Å². The van der Waals surface area contributed by atoms with E-state index in [0.29, 0.717) is 26.2 Å². The molecule has 3 rings (SSSR count). The molecule has 6 nitrogen and oxygen atoms in total. The minimum absolute atomic E-state index is 0.0334. The van der Waals surface area contributed by atoms with Crippen molar-refractivity contribution >= 4 is 23.2 Å². The number of carbonyl (C=O) groups excluding carboxylic acids is 2. The fraction of sp³-hybridized carbons (Fsp3) is 0.444. The quantitative estimate of drug-likeness (QED) is 0.855. The van der Waals surface area contributed by atoms with Crippen molar-refractivity contribution in [2.24, 2.45) is 0 Å². The van der Waals surface area contributed by atoms with Gasteiger partial charge in [-0.05, 0) is 41.4 Å². The van der Waals surface area contributed by atoms with Crippen molar-refractivity contribution in [3.63, 3.8) is 0 Å². The van der Waals surface area contributed by atoms with E-state index >= 15 is 0 Å². The van der Waals surface area contributed by atoms with Crippen molar-refractivity contribution in [1.29, 1.82) is 0 Å². The maximum atomic E-state index is 12.6. The van der Waals surface area contributed by atoms with Crippen LogP contribution in [0.1, 0.15) is 23.5 Å². The summed E-state index contributed by atoms with van der Waals surface area (Å²) in [7, 11) is 1.78. The molecule has 0 radical (unpaired) electrons. The van der Waals surface area contributed by atoms with Gasteiger partial charge in [0.05, 0.1) is 19.0 Å². The van der Waals surface area contributed by atoms with Crippen LogP contribution in [0.3, 0.4) is 0 Å². The molecule has 1 unspecified atom stereocenters. The fourth-order valence-corrected chi connectivity index (χ4v) is 3.67. The molecule has 0 saturated carbocycles. The Hall–Kier alpha value is -2.12. The van der Waals surface area contributed by atoms with Crippen molar-refractivity contribution in [2.45, 2.75) is 32.5 Å². The lowest BCUT2D eigenvalue weighted by Crippen LogP contribution is -2.56. The lowest BCUT2D eigenvalue weighted by atomic mass is 10.1. The molecule has 1 fully saturated rings. The first kappa shape index (κ1) is 17.7. The first-order valence-corrected chi connectivity index (χ1v) is 9.29. The number of carbonyl (C=O) groups is 2. The second-order valence-corrected chi connectivity index (χ2v) is 7.16. The van der Waals surface area contributed by atoms with Crippen LogP contribution in [-0.4, -0.2) is 47.8 Å². The molecule has 2 aromatic heterocycles. The monoisotopic (exact) mass is 361 g/mol. The van der Waals surface area contributed by atoms with Gasteiger partial charge in [-0.1, -0.05) is 0 Å². The predicted molar refractivity (Wildman–Crippen MR) is 96.1 cm³/mol. The summed E-state index contributed by atoms with van der Waals surface area (Å²) < 4.78 is 5.62. The molecule has 1 aliphatic heterocycles. The van der Waals surface area contributed by atoms with E-state index < -0.39 is 6.04 Å². The lowest BCUT2D eigenvalue weighted by Gasteiger charge is -2.34. The van der Waals surface area contributed by atoms with Gasteiger partial charge >= 0.3 is 0 Å². The second kappa shape index (κ2) is 7.84. The van der Waals surface area contributed by atoms with Crippen molar-refractivity contribution in [1.82, 2.24) is 15.1 Å². The zero-order valence-electron chi connectivity index (χ0n) is 14.5. The molecule has 3 heterocycles. The van der Waals surface area contributed by atoms with E-state index in [1.165, 1.54) is 0 Å². The Balaban J connectivity index is 1.64. The van der Waals surface area contributed by atoms with Crippen LogP contribution in [-0.2, 0) is 22.7 Å². The third-order valence-electron chi connectivity index (χ3n) is 4.39. The van der Waals surface area contributed by atoms with E-state index in [1.807, 2.05) is 40.8 Å². The molecule has 0 aliphatic carbocycles. The highest BCUT2D eigenvalue weighted by molar-refractivity contribution is 7.07. The summed E-state index contributed by atoms with van der Waals surface area (Å²) in [5, 5.41) is 6.89. The maximum Gasteiger partial charge on any atom is 0.237 e. The molecule has 0 bridgehead atoms. The molecule has 1 N–H and O–H groups in total. The third-order valence-corrected chi connectivity index (χ3v) is 5.12. The summed E-state index contributed by atoms with van der Waals surface area (Å²) in [5.41, 5.74) is 1.11. The molecule has 0 spiro atoms. The summed E-state index contributed by atoms with van der Waals surface area (Å²) >= 11 is 1.61. The summed E-state index contributed by atoms with van der Waals surface area (Å²) in [6.07, 6.45) is 0.173. The zero-order chi connectivity index (χ0) is 17.8. The minimum Gasteiger partial charge on any atom is -0.465 e. The number of furan rings is 1. The van der Waals surface area contributed by atoms with Crippen molar-refractivity contribution in [2.75, 3.05) is 20.1 Å². The number of nitrogens with one attached hydrogen (secondary N) is 1. The molecule has 1 atom stereocenters. The molecule has 2 aromatic rings. The Morgan fingerprint density at radius 2 is 2.28 bits per heavy atom. The number of hydrogen-bond acceptors (Lipinski definition) is 5. The smallest absolute Gasteiger partial charge is 0.237 e. The van der Waals surface area contributed by atoms with Crippen molar-refractivity contribution in [3.8, 4) is 0 Å². The highest BCUT2D eigenvalue weighted by Gasteiger charge is 2.32. The van der Waals surface area contributed by atoms with Gasteiger partial charge in [-0.25, -0.2) is 0 Å². The minimum atomic E-state index is -0.461. The van der Waals surface area contributed by atoms with Crippen LogP contribution >= 0.6 is 11.3 Å². The SMILES string of the molecule is Cc1ccc(CN2CCNC(=O)C2CC(=O)N(C)Cc2ccsc2)o1. The first-order valence-electron chi connectivity index (χ1n) is 8.35. The number of nitrogens with zero attached hydrogens (tertiary/aromatic N) is 2. The normalized spacial score (nSPS) is 18.2. The van der Waals surface area contributed by atoms with Gasteiger partial charge in [-0.3, -0.25) is 14.5 Å². The Labute approximate surface area is 151 Å².